The highest BCUT2D eigenvalue weighted by Gasteiger charge is 2.38. The second-order valence-corrected chi connectivity index (χ2v) is 6.84. The van der Waals surface area contributed by atoms with Crippen molar-refractivity contribution in [2.75, 3.05) is 12.4 Å². The Morgan fingerprint density at radius 3 is 2.61 bits per heavy atom. The van der Waals surface area contributed by atoms with Crippen LogP contribution in [0.15, 0.2) is 0 Å². The zero-order chi connectivity index (χ0) is 13.0. The van der Waals surface area contributed by atoms with Crippen LogP contribution in [0.1, 0.15) is 58.3 Å². The molecule has 18 heavy (non-hydrogen) atoms. The molecule has 2 nitrogen and oxygen atoms in total. The second-order valence-electron chi connectivity index (χ2n) is 6.28. The van der Waals surface area contributed by atoms with Gasteiger partial charge in [0.15, 0.2) is 0 Å². The average Bonchev–Trinajstić information content (AvgIpc) is 2.39. The Morgan fingerprint density at radius 1 is 1.17 bits per heavy atom. The Bertz CT molecular complexity index is 259. The Balaban J connectivity index is 1.92. The van der Waals surface area contributed by atoms with Crippen LogP contribution in [0.5, 0.6) is 0 Å². The molecule has 0 radical (unpaired) electrons. The van der Waals surface area contributed by atoms with E-state index in [1.807, 2.05) is 7.11 Å². The molecule has 0 heterocycles. The maximum Gasteiger partial charge on any atom is 0.0785 e. The largest absolute Gasteiger partial charge is 0.381 e. The van der Waals surface area contributed by atoms with Crippen LogP contribution in [0.4, 0.5) is 0 Å². The van der Waals surface area contributed by atoms with Crippen molar-refractivity contribution in [1.82, 2.24) is 0 Å². The van der Waals surface area contributed by atoms with Crippen molar-refractivity contribution in [3.05, 3.63) is 0 Å². The molecule has 0 aromatic heterocycles. The van der Waals surface area contributed by atoms with Crippen LogP contribution in [-0.2, 0) is 9.47 Å². The maximum absolute atomic E-state index is 6.54. The molecule has 2 saturated carbocycles. The van der Waals surface area contributed by atoms with Crippen LogP contribution in [0.25, 0.3) is 0 Å². The molecule has 2 fully saturated rings. The number of ether oxygens (including phenoxy) is 2. The van der Waals surface area contributed by atoms with Gasteiger partial charge in [0.2, 0.25) is 0 Å². The Kier molecular flexibility index (Phi) is 5.52. The van der Waals surface area contributed by atoms with E-state index in [9.17, 15) is 0 Å². The smallest absolute Gasteiger partial charge is 0.0785 e. The van der Waals surface area contributed by atoms with Crippen molar-refractivity contribution in [3.8, 4) is 0 Å². The van der Waals surface area contributed by atoms with Crippen molar-refractivity contribution in [2.24, 2.45) is 5.92 Å². The van der Waals surface area contributed by atoms with Crippen LogP contribution in [0, 0.1) is 5.92 Å². The van der Waals surface area contributed by atoms with Gasteiger partial charge in [-0.2, -0.15) is 0 Å². The summed E-state index contributed by atoms with van der Waals surface area (Å²) in [5, 5.41) is 0.985. The lowest BCUT2D eigenvalue weighted by atomic mass is 9.79. The monoisotopic (exact) mass is 318 g/mol. The van der Waals surface area contributed by atoms with E-state index in [1.165, 1.54) is 44.9 Å². The van der Waals surface area contributed by atoms with Crippen LogP contribution >= 0.6 is 15.9 Å². The molecular formula is C15H27BrO2. The van der Waals surface area contributed by atoms with Gasteiger partial charge in [0, 0.05) is 12.4 Å². The Hall–Kier alpha value is 0.400. The lowest BCUT2D eigenvalue weighted by Crippen LogP contribution is -2.44. The van der Waals surface area contributed by atoms with Crippen molar-refractivity contribution >= 4 is 15.9 Å². The zero-order valence-electron chi connectivity index (χ0n) is 11.8. The summed E-state index contributed by atoms with van der Waals surface area (Å²) in [4.78, 5) is 0. The van der Waals surface area contributed by atoms with E-state index in [0.29, 0.717) is 12.2 Å². The van der Waals surface area contributed by atoms with Gasteiger partial charge in [-0.1, -0.05) is 35.7 Å². The van der Waals surface area contributed by atoms with Gasteiger partial charge >= 0.3 is 0 Å². The summed E-state index contributed by atoms with van der Waals surface area (Å²) in [6, 6.07) is 0. The van der Waals surface area contributed by atoms with E-state index >= 15 is 0 Å². The molecule has 4 unspecified atom stereocenters. The third-order valence-electron chi connectivity index (χ3n) is 4.62. The topological polar surface area (TPSA) is 18.5 Å². The highest BCUT2D eigenvalue weighted by molar-refractivity contribution is 9.09. The number of alkyl halides is 1. The van der Waals surface area contributed by atoms with E-state index in [1.54, 1.807) is 0 Å². The summed E-state index contributed by atoms with van der Waals surface area (Å²) >= 11 is 3.70. The maximum atomic E-state index is 6.54. The van der Waals surface area contributed by atoms with Crippen LogP contribution in [0.3, 0.4) is 0 Å². The number of rotatable bonds is 4. The first-order chi connectivity index (χ1) is 8.67. The highest BCUT2D eigenvalue weighted by atomic mass is 79.9. The fraction of sp³-hybridized carbons (Fsp3) is 1.00. The van der Waals surface area contributed by atoms with Crippen LogP contribution < -0.4 is 0 Å². The molecule has 0 aliphatic heterocycles. The standard InChI is InChI=1S/C15H27BrO2/c1-12-5-4-8-15(10-12,11-16)18-14-7-3-6-13(9-14)17-2/h12-14H,3-11H2,1-2H3. The van der Waals surface area contributed by atoms with Gasteiger partial charge in [-0.05, 0) is 44.4 Å². The number of hydrogen-bond donors (Lipinski definition) is 0. The number of methoxy groups -OCH3 is 1. The predicted molar refractivity (Wildman–Crippen MR) is 78.3 cm³/mol. The summed E-state index contributed by atoms with van der Waals surface area (Å²) in [5.41, 5.74) is 0.0952. The van der Waals surface area contributed by atoms with Gasteiger partial charge in [0.1, 0.15) is 0 Å². The van der Waals surface area contributed by atoms with Gasteiger partial charge in [0.25, 0.3) is 0 Å². The normalized spacial score (nSPS) is 41.8. The predicted octanol–water partition coefficient (Wildman–Crippen LogP) is 4.30. The lowest BCUT2D eigenvalue weighted by Gasteiger charge is -2.43. The van der Waals surface area contributed by atoms with Gasteiger partial charge in [-0.15, -0.1) is 0 Å². The van der Waals surface area contributed by atoms with E-state index in [2.05, 4.69) is 22.9 Å². The molecule has 0 N–H and O–H groups in total. The van der Waals surface area contributed by atoms with Gasteiger partial charge < -0.3 is 9.47 Å². The number of halogens is 1. The minimum atomic E-state index is 0.0952. The molecule has 0 spiro atoms. The molecule has 106 valence electrons. The molecule has 0 aromatic carbocycles. The van der Waals surface area contributed by atoms with Crippen LogP contribution in [0.2, 0.25) is 0 Å². The van der Waals surface area contributed by atoms with Crippen molar-refractivity contribution in [1.29, 1.82) is 0 Å². The van der Waals surface area contributed by atoms with E-state index in [0.717, 1.165) is 17.7 Å². The SMILES string of the molecule is COC1CCCC(OC2(CBr)CCCC(C)C2)C1. The van der Waals surface area contributed by atoms with Gasteiger partial charge in [-0.3, -0.25) is 0 Å². The van der Waals surface area contributed by atoms with E-state index in [-0.39, 0.29) is 5.60 Å². The quantitative estimate of drug-likeness (QED) is 0.719. The molecule has 2 rings (SSSR count). The highest BCUT2D eigenvalue weighted by Crippen LogP contribution is 2.39. The molecule has 0 bridgehead atoms. The third kappa shape index (κ3) is 3.71. The molecule has 0 amide bonds. The third-order valence-corrected chi connectivity index (χ3v) is 5.64. The summed E-state index contributed by atoms with van der Waals surface area (Å²) in [5.74, 6) is 0.804. The first kappa shape index (κ1) is 14.8. The van der Waals surface area contributed by atoms with Gasteiger partial charge in [0.05, 0.1) is 17.8 Å². The summed E-state index contributed by atoms with van der Waals surface area (Å²) in [6.07, 6.45) is 10.7. The summed E-state index contributed by atoms with van der Waals surface area (Å²) in [6.45, 7) is 2.36. The molecule has 4 atom stereocenters. The summed E-state index contributed by atoms with van der Waals surface area (Å²) in [7, 11) is 1.83. The lowest BCUT2D eigenvalue weighted by molar-refractivity contribution is -0.132. The first-order valence-corrected chi connectivity index (χ1v) is 8.56. The van der Waals surface area contributed by atoms with E-state index < -0.39 is 0 Å². The molecule has 2 aliphatic rings. The Labute approximate surface area is 120 Å². The molecular weight excluding hydrogens is 292 g/mol. The van der Waals surface area contributed by atoms with Crippen molar-refractivity contribution in [2.45, 2.75) is 76.1 Å². The molecule has 0 aromatic rings. The van der Waals surface area contributed by atoms with E-state index in [4.69, 9.17) is 9.47 Å². The fourth-order valence-electron chi connectivity index (χ4n) is 3.65. The number of hydrogen-bond acceptors (Lipinski definition) is 2. The first-order valence-electron chi connectivity index (χ1n) is 7.44. The van der Waals surface area contributed by atoms with Gasteiger partial charge in [-0.25, -0.2) is 0 Å². The fourth-order valence-corrected chi connectivity index (χ4v) is 4.29. The minimum Gasteiger partial charge on any atom is -0.381 e. The molecule has 0 saturated heterocycles. The van der Waals surface area contributed by atoms with Crippen LogP contribution in [-0.4, -0.2) is 30.2 Å². The zero-order valence-corrected chi connectivity index (χ0v) is 13.4. The second kappa shape index (κ2) is 6.71. The molecule has 3 heteroatoms. The summed E-state index contributed by atoms with van der Waals surface area (Å²) < 4.78 is 12.1. The average molecular weight is 319 g/mol. The van der Waals surface area contributed by atoms with Crippen molar-refractivity contribution in [3.63, 3.8) is 0 Å². The van der Waals surface area contributed by atoms with Crippen molar-refractivity contribution < 1.29 is 9.47 Å². The molecule has 2 aliphatic carbocycles. The minimum absolute atomic E-state index is 0.0952. The Morgan fingerprint density at radius 2 is 1.94 bits per heavy atom.